The van der Waals surface area contributed by atoms with E-state index in [1.165, 1.54) is 114 Å². The summed E-state index contributed by atoms with van der Waals surface area (Å²) in [7, 11) is 0. The van der Waals surface area contributed by atoms with Gasteiger partial charge in [-0.2, -0.15) is 0 Å². The Balaban J connectivity index is 1.12. The van der Waals surface area contributed by atoms with Crippen molar-refractivity contribution in [1.82, 2.24) is 4.57 Å². The monoisotopic (exact) mass is 663 g/mol. The van der Waals surface area contributed by atoms with Gasteiger partial charge in [-0.3, -0.25) is 0 Å². The Morgan fingerprint density at radius 3 is 1.98 bits per heavy atom. The lowest BCUT2D eigenvalue weighted by molar-refractivity contribution is 1.14. The molecule has 0 saturated carbocycles. The van der Waals surface area contributed by atoms with Gasteiger partial charge in [-0.25, -0.2) is 0 Å². The summed E-state index contributed by atoms with van der Waals surface area (Å²) in [5.41, 5.74) is 14.3. The van der Waals surface area contributed by atoms with Crippen molar-refractivity contribution >= 4 is 86.1 Å². The van der Waals surface area contributed by atoms with Gasteiger partial charge in [-0.1, -0.05) is 134 Å². The number of rotatable bonds is 2. The van der Waals surface area contributed by atoms with Crippen LogP contribution in [-0.2, 0) is 0 Å². The molecule has 2 heterocycles. The first kappa shape index (κ1) is 27.6. The molecule has 7 aromatic carbocycles. The minimum atomic E-state index is 0.858. The third-order valence-electron chi connectivity index (χ3n) is 11.4. The smallest absolute Gasteiger partial charge is 0.0547 e. The van der Waals surface area contributed by atoms with E-state index >= 15 is 0 Å². The van der Waals surface area contributed by atoms with Gasteiger partial charge in [0, 0.05) is 43.1 Å². The molecule has 3 aliphatic rings. The van der Waals surface area contributed by atoms with Crippen LogP contribution in [0.15, 0.2) is 175 Å². The van der Waals surface area contributed by atoms with Crippen LogP contribution in [0.2, 0.25) is 0 Å². The van der Waals surface area contributed by atoms with E-state index in [9.17, 15) is 0 Å². The Morgan fingerprint density at radius 2 is 1.08 bits per heavy atom. The molecule has 0 spiro atoms. The molecular formula is C49H29NS. The van der Waals surface area contributed by atoms with Gasteiger partial charge >= 0.3 is 0 Å². The van der Waals surface area contributed by atoms with Crippen LogP contribution < -0.4 is 0 Å². The van der Waals surface area contributed by atoms with Gasteiger partial charge in [-0.15, -0.1) is 11.3 Å². The number of hydrogen-bond acceptors (Lipinski definition) is 1. The van der Waals surface area contributed by atoms with Crippen molar-refractivity contribution in [2.45, 2.75) is 6.42 Å². The Kier molecular flexibility index (Phi) is 5.50. The van der Waals surface area contributed by atoms with Crippen molar-refractivity contribution in [2.24, 2.45) is 0 Å². The maximum atomic E-state index is 2.52. The second kappa shape index (κ2) is 10.2. The number of nitrogens with zero attached hydrogens (tertiary/aromatic N) is 1. The molecule has 2 aromatic heterocycles. The Labute approximate surface area is 298 Å². The SMILES string of the molecule is C1=CC=C2CC(=C1)C(c1ccc3c4c(cccc14)-c1ccccc1-3)=CC=C2n1c2ccccc2c2c3ccc4sc5ccccc5c4c3ccc21. The number of benzene rings is 7. The van der Waals surface area contributed by atoms with E-state index in [0.29, 0.717) is 0 Å². The van der Waals surface area contributed by atoms with Gasteiger partial charge in [0.15, 0.2) is 0 Å². The first-order valence-electron chi connectivity index (χ1n) is 17.7. The van der Waals surface area contributed by atoms with E-state index in [-0.39, 0.29) is 0 Å². The Hall–Kier alpha value is -6.22. The van der Waals surface area contributed by atoms with Gasteiger partial charge in [0.25, 0.3) is 0 Å². The number of allylic oxidation sites excluding steroid dienone is 10. The highest BCUT2D eigenvalue weighted by Gasteiger charge is 2.26. The lowest BCUT2D eigenvalue weighted by Gasteiger charge is -2.17. The van der Waals surface area contributed by atoms with E-state index < -0.39 is 0 Å². The van der Waals surface area contributed by atoms with Crippen LogP contribution in [0.5, 0.6) is 0 Å². The van der Waals surface area contributed by atoms with Gasteiger partial charge < -0.3 is 4.57 Å². The second-order valence-corrected chi connectivity index (χ2v) is 15.0. The maximum Gasteiger partial charge on any atom is 0.0547 e. The third-order valence-corrected chi connectivity index (χ3v) is 12.6. The highest BCUT2D eigenvalue weighted by atomic mass is 32.1. The largest absolute Gasteiger partial charge is 0.309 e. The molecule has 236 valence electrons. The van der Waals surface area contributed by atoms with Crippen LogP contribution >= 0.6 is 11.3 Å². The summed E-state index contributed by atoms with van der Waals surface area (Å²) in [5.74, 6) is 0. The number of thiophene rings is 1. The fourth-order valence-corrected chi connectivity index (χ4v) is 10.4. The molecule has 0 aliphatic heterocycles. The predicted octanol–water partition coefficient (Wildman–Crippen LogP) is 13.9. The summed E-state index contributed by atoms with van der Waals surface area (Å²) in [6, 6.07) is 47.6. The fourth-order valence-electron chi connectivity index (χ4n) is 9.28. The summed E-state index contributed by atoms with van der Waals surface area (Å²) in [5, 5.41) is 10.7. The van der Waals surface area contributed by atoms with Crippen LogP contribution in [0.4, 0.5) is 0 Å². The zero-order valence-corrected chi connectivity index (χ0v) is 28.5. The molecule has 2 heteroatoms. The van der Waals surface area contributed by atoms with E-state index in [4.69, 9.17) is 0 Å². The molecule has 9 aromatic rings. The van der Waals surface area contributed by atoms with Crippen LogP contribution in [0.3, 0.4) is 0 Å². The molecule has 0 atom stereocenters. The van der Waals surface area contributed by atoms with Gasteiger partial charge in [0.05, 0.1) is 11.0 Å². The number of aromatic nitrogens is 1. The van der Waals surface area contributed by atoms with Crippen molar-refractivity contribution in [3.63, 3.8) is 0 Å². The molecule has 3 aliphatic carbocycles. The quantitative estimate of drug-likeness (QED) is 0.173. The van der Waals surface area contributed by atoms with Crippen molar-refractivity contribution in [2.75, 3.05) is 0 Å². The standard InChI is InChI=1S/C49H29NS/c1-2-11-30-28-29(10-1)31(34-20-21-37-33-13-4-3-12-32(33)35-16-9-17-36(34)47(35)37)22-25-42(30)50-43-18-7-5-14-40(43)48-38-24-27-46-49(39(38)23-26-44(48)50)41-15-6-8-19-45(41)51-46/h1-27H,28H2. The molecule has 51 heavy (non-hydrogen) atoms. The predicted molar refractivity (Wildman–Crippen MR) is 220 cm³/mol. The molecule has 0 unspecified atom stereocenters. The van der Waals surface area contributed by atoms with Gasteiger partial charge in [-0.05, 0) is 96.4 Å². The van der Waals surface area contributed by atoms with Crippen LogP contribution in [0.25, 0.3) is 97.0 Å². The summed E-state index contributed by atoms with van der Waals surface area (Å²) in [4.78, 5) is 0. The first-order chi connectivity index (χ1) is 25.3. The topological polar surface area (TPSA) is 4.93 Å². The zero-order chi connectivity index (χ0) is 33.2. The van der Waals surface area contributed by atoms with E-state index in [1.807, 2.05) is 11.3 Å². The minimum absolute atomic E-state index is 0.858. The van der Waals surface area contributed by atoms with E-state index in [2.05, 4.69) is 168 Å². The molecule has 0 amide bonds. The molecule has 1 nitrogen and oxygen atoms in total. The molecule has 0 N–H and O–H groups in total. The Morgan fingerprint density at radius 1 is 0.392 bits per heavy atom. The lowest BCUT2D eigenvalue weighted by Crippen LogP contribution is -2.00. The number of hydrogen-bond donors (Lipinski definition) is 0. The fraction of sp³-hybridized carbons (Fsp3) is 0.0204. The summed E-state index contributed by atoms with van der Waals surface area (Å²) in [6.45, 7) is 0. The second-order valence-electron chi connectivity index (χ2n) is 14.0. The molecule has 0 saturated heterocycles. The van der Waals surface area contributed by atoms with E-state index in [1.54, 1.807) is 0 Å². The summed E-state index contributed by atoms with van der Waals surface area (Å²) >= 11 is 1.89. The molecule has 12 rings (SSSR count). The summed E-state index contributed by atoms with van der Waals surface area (Å²) < 4.78 is 5.21. The summed E-state index contributed by atoms with van der Waals surface area (Å²) in [6.07, 6.45) is 14.7. The first-order valence-corrected chi connectivity index (χ1v) is 18.5. The van der Waals surface area contributed by atoms with Crippen LogP contribution in [0, 0.1) is 0 Å². The van der Waals surface area contributed by atoms with Gasteiger partial charge in [0.2, 0.25) is 0 Å². The highest BCUT2D eigenvalue weighted by Crippen LogP contribution is 2.50. The number of para-hydroxylation sites is 1. The molecule has 2 bridgehead atoms. The highest BCUT2D eigenvalue weighted by molar-refractivity contribution is 7.26. The average Bonchev–Trinajstić information content (AvgIpc) is 3.71. The van der Waals surface area contributed by atoms with Crippen molar-refractivity contribution in [1.29, 1.82) is 0 Å². The minimum Gasteiger partial charge on any atom is -0.309 e. The van der Waals surface area contributed by atoms with Crippen LogP contribution in [-0.4, -0.2) is 4.57 Å². The zero-order valence-electron chi connectivity index (χ0n) is 27.7. The lowest BCUT2D eigenvalue weighted by atomic mass is 9.89. The third kappa shape index (κ3) is 3.70. The van der Waals surface area contributed by atoms with Crippen LogP contribution in [0.1, 0.15) is 12.0 Å². The van der Waals surface area contributed by atoms with E-state index in [0.717, 1.165) is 6.42 Å². The van der Waals surface area contributed by atoms with Crippen molar-refractivity contribution < 1.29 is 0 Å². The molecular weight excluding hydrogens is 635 g/mol. The average molecular weight is 664 g/mol. The van der Waals surface area contributed by atoms with Gasteiger partial charge in [0.1, 0.15) is 0 Å². The molecule has 0 radical (unpaired) electrons. The Bertz CT molecular complexity index is 3180. The molecule has 0 fully saturated rings. The number of fused-ring (bicyclic) bond motifs is 14. The van der Waals surface area contributed by atoms with Crippen molar-refractivity contribution in [3.8, 4) is 22.3 Å². The maximum absolute atomic E-state index is 2.52. The normalized spacial score (nSPS) is 15.0. The van der Waals surface area contributed by atoms with Crippen molar-refractivity contribution in [3.05, 3.63) is 181 Å².